The lowest BCUT2D eigenvalue weighted by atomic mass is 10.1. The van der Waals surface area contributed by atoms with Gasteiger partial charge in [-0.15, -0.1) is 0 Å². The predicted octanol–water partition coefficient (Wildman–Crippen LogP) is 7.64. The Bertz CT molecular complexity index is 1200. The van der Waals surface area contributed by atoms with Crippen LogP contribution in [0.5, 0.6) is 5.75 Å². The number of fused-ring (bicyclic) bond motifs is 1. The summed E-state index contributed by atoms with van der Waals surface area (Å²) in [5, 5.41) is 2.47. The van der Waals surface area contributed by atoms with Crippen molar-refractivity contribution >= 4 is 44.3 Å². The molecule has 0 atom stereocenters. The van der Waals surface area contributed by atoms with Gasteiger partial charge in [-0.2, -0.15) is 0 Å². The van der Waals surface area contributed by atoms with E-state index in [1.165, 1.54) is 17.7 Å². The van der Waals surface area contributed by atoms with Crippen molar-refractivity contribution in [3.63, 3.8) is 0 Å². The summed E-state index contributed by atoms with van der Waals surface area (Å²) in [5.74, 6) is 0.323. The highest BCUT2D eigenvalue weighted by molar-refractivity contribution is 9.10. The number of anilines is 1. The SMILES string of the molecule is C.CCN(CC)Cc1cc(C(=O)OCCCCCCOC(C)=O)cc(Br)c1N.COc1ccc2ccccc2c1. The van der Waals surface area contributed by atoms with Crippen LogP contribution < -0.4 is 10.5 Å². The molecule has 0 aliphatic carbocycles. The fourth-order valence-electron chi connectivity index (χ4n) is 3.93. The molecule has 0 bridgehead atoms. The number of halogens is 1. The zero-order valence-corrected chi connectivity index (χ0v) is 25.1. The van der Waals surface area contributed by atoms with Crippen LogP contribution in [0.1, 0.15) is 69.8 Å². The molecule has 0 aliphatic heterocycles. The molecular formula is C32H45BrN2O5. The molecule has 7 nitrogen and oxygen atoms in total. The number of benzene rings is 3. The summed E-state index contributed by atoms with van der Waals surface area (Å²) in [6, 6.07) is 17.8. The summed E-state index contributed by atoms with van der Waals surface area (Å²) in [7, 11) is 1.68. The fraction of sp³-hybridized carbons (Fsp3) is 0.438. The summed E-state index contributed by atoms with van der Waals surface area (Å²) in [4.78, 5) is 25.2. The van der Waals surface area contributed by atoms with Crippen LogP contribution in [-0.2, 0) is 20.8 Å². The standard InChI is InChI=1S/C20H31BrN2O4.C11H10O.CH4/c1-4-23(5-2)14-17-12-16(13-18(21)19(17)22)20(25)27-11-9-7-6-8-10-26-15(3)24;1-12-11-7-6-9-4-2-3-5-10(9)8-11;/h12-13H,4-11,14,22H2,1-3H3;2-8H,1H3;1H4. The Morgan fingerprint density at radius 2 is 1.50 bits per heavy atom. The van der Waals surface area contributed by atoms with Crippen molar-refractivity contribution in [3.05, 3.63) is 70.2 Å². The molecule has 2 N–H and O–H groups in total. The van der Waals surface area contributed by atoms with E-state index in [0.717, 1.165) is 50.1 Å². The number of nitrogen functional groups attached to an aromatic ring is 1. The van der Waals surface area contributed by atoms with Crippen LogP contribution in [0.3, 0.4) is 0 Å². The Kier molecular flexibility index (Phi) is 16.6. The maximum atomic E-state index is 12.3. The molecule has 40 heavy (non-hydrogen) atoms. The van der Waals surface area contributed by atoms with Crippen LogP contribution in [0, 0.1) is 0 Å². The number of nitrogens with two attached hydrogens (primary N) is 1. The van der Waals surface area contributed by atoms with Crippen LogP contribution in [0.25, 0.3) is 10.8 Å². The van der Waals surface area contributed by atoms with Crippen LogP contribution >= 0.6 is 15.9 Å². The number of rotatable bonds is 13. The van der Waals surface area contributed by atoms with E-state index >= 15 is 0 Å². The number of carbonyl (C=O) groups is 2. The second-order valence-electron chi connectivity index (χ2n) is 9.10. The minimum Gasteiger partial charge on any atom is -0.497 e. The van der Waals surface area contributed by atoms with E-state index in [2.05, 4.69) is 52.9 Å². The zero-order valence-electron chi connectivity index (χ0n) is 23.5. The topological polar surface area (TPSA) is 91.1 Å². The molecule has 0 heterocycles. The van der Waals surface area contributed by atoms with Gasteiger partial charge in [0, 0.05) is 17.9 Å². The number of ether oxygens (including phenoxy) is 3. The minimum atomic E-state index is -0.337. The monoisotopic (exact) mass is 616 g/mol. The van der Waals surface area contributed by atoms with E-state index in [9.17, 15) is 9.59 Å². The number of hydrogen-bond donors (Lipinski definition) is 1. The second kappa shape index (κ2) is 19.1. The Morgan fingerprint density at radius 3 is 2.10 bits per heavy atom. The van der Waals surface area contributed by atoms with Gasteiger partial charge in [0.2, 0.25) is 0 Å². The first-order valence-electron chi connectivity index (χ1n) is 13.4. The van der Waals surface area contributed by atoms with Gasteiger partial charge in [-0.25, -0.2) is 4.79 Å². The van der Waals surface area contributed by atoms with Gasteiger partial charge in [0.05, 0.1) is 31.6 Å². The van der Waals surface area contributed by atoms with Crippen molar-refractivity contribution in [2.45, 2.75) is 60.4 Å². The third-order valence-electron chi connectivity index (χ3n) is 6.27. The van der Waals surface area contributed by atoms with Crippen LogP contribution in [0.4, 0.5) is 5.69 Å². The zero-order chi connectivity index (χ0) is 28.6. The number of methoxy groups -OCH3 is 1. The fourth-order valence-corrected chi connectivity index (χ4v) is 4.43. The first-order valence-corrected chi connectivity index (χ1v) is 14.2. The molecule has 8 heteroatoms. The maximum Gasteiger partial charge on any atom is 0.338 e. The largest absolute Gasteiger partial charge is 0.497 e. The van der Waals surface area contributed by atoms with Gasteiger partial charge in [-0.3, -0.25) is 9.69 Å². The van der Waals surface area contributed by atoms with Crippen molar-refractivity contribution in [1.82, 2.24) is 4.90 Å². The molecule has 3 aromatic rings. The van der Waals surface area contributed by atoms with Crippen molar-refractivity contribution in [2.75, 3.05) is 39.1 Å². The lowest BCUT2D eigenvalue weighted by Gasteiger charge is -2.20. The van der Waals surface area contributed by atoms with Gasteiger partial charge < -0.3 is 19.9 Å². The van der Waals surface area contributed by atoms with Gasteiger partial charge in [-0.05, 0) is 95.3 Å². The van der Waals surface area contributed by atoms with Gasteiger partial charge in [0.1, 0.15) is 5.75 Å². The van der Waals surface area contributed by atoms with Crippen molar-refractivity contribution in [2.24, 2.45) is 0 Å². The smallest absolute Gasteiger partial charge is 0.338 e. The maximum absolute atomic E-state index is 12.3. The van der Waals surface area contributed by atoms with E-state index in [1.54, 1.807) is 13.2 Å². The molecule has 0 saturated heterocycles. The lowest BCUT2D eigenvalue weighted by Crippen LogP contribution is -2.23. The molecule has 0 aliphatic rings. The van der Waals surface area contributed by atoms with E-state index in [4.69, 9.17) is 19.9 Å². The first kappa shape index (κ1) is 34.9. The molecule has 3 rings (SSSR count). The second-order valence-corrected chi connectivity index (χ2v) is 9.95. The van der Waals surface area contributed by atoms with Crippen molar-refractivity contribution in [1.29, 1.82) is 0 Å². The summed E-state index contributed by atoms with van der Waals surface area (Å²) < 4.78 is 16.1. The number of carbonyl (C=O) groups excluding carboxylic acids is 2. The molecule has 0 unspecified atom stereocenters. The molecule has 220 valence electrons. The van der Waals surface area contributed by atoms with Gasteiger partial charge >= 0.3 is 11.9 Å². The van der Waals surface area contributed by atoms with Gasteiger partial charge in [-0.1, -0.05) is 51.6 Å². The van der Waals surface area contributed by atoms with Crippen LogP contribution in [0.15, 0.2) is 59.1 Å². The summed E-state index contributed by atoms with van der Waals surface area (Å²) in [5.41, 5.74) is 8.24. The molecule has 0 radical (unpaired) electrons. The normalized spacial score (nSPS) is 10.3. The third-order valence-corrected chi connectivity index (χ3v) is 6.93. The van der Waals surface area contributed by atoms with E-state index in [1.807, 2.05) is 30.3 Å². The molecule has 0 spiro atoms. The molecule has 0 fully saturated rings. The van der Waals surface area contributed by atoms with E-state index in [-0.39, 0.29) is 19.4 Å². The highest BCUT2D eigenvalue weighted by atomic mass is 79.9. The average molecular weight is 618 g/mol. The highest BCUT2D eigenvalue weighted by Gasteiger charge is 2.14. The van der Waals surface area contributed by atoms with Crippen LogP contribution in [0.2, 0.25) is 0 Å². The quantitative estimate of drug-likeness (QED) is 0.120. The number of unbranched alkanes of at least 4 members (excludes halogenated alkanes) is 3. The average Bonchev–Trinajstić information content (AvgIpc) is 2.94. The number of esters is 2. The Balaban J connectivity index is 0.000000508. The molecule has 0 amide bonds. The summed E-state index contributed by atoms with van der Waals surface area (Å²) in [6.07, 6.45) is 3.47. The molecular weight excluding hydrogens is 572 g/mol. The predicted molar refractivity (Wildman–Crippen MR) is 168 cm³/mol. The third kappa shape index (κ3) is 12.0. The molecule has 3 aromatic carbocycles. The van der Waals surface area contributed by atoms with E-state index in [0.29, 0.717) is 35.5 Å². The summed E-state index contributed by atoms with van der Waals surface area (Å²) in [6.45, 7) is 8.95. The first-order chi connectivity index (χ1) is 18.8. The van der Waals surface area contributed by atoms with Gasteiger partial charge in [0.15, 0.2) is 0 Å². The molecule has 0 aromatic heterocycles. The Labute approximate surface area is 248 Å². The Morgan fingerprint density at radius 1 is 0.875 bits per heavy atom. The summed E-state index contributed by atoms with van der Waals surface area (Å²) >= 11 is 3.44. The van der Waals surface area contributed by atoms with Crippen LogP contribution in [-0.4, -0.2) is 50.3 Å². The Hall–Kier alpha value is -3.10. The van der Waals surface area contributed by atoms with Crippen molar-refractivity contribution < 1.29 is 23.8 Å². The number of hydrogen-bond acceptors (Lipinski definition) is 7. The molecule has 0 saturated carbocycles. The minimum absolute atomic E-state index is 0. The number of nitrogens with zero attached hydrogens (tertiary/aromatic N) is 1. The van der Waals surface area contributed by atoms with Gasteiger partial charge in [0.25, 0.3) is 0 Å². The lowest BCUT2D eigenvalue weighted by molar-refractivity contribution is -0.141. The van der Waals surface area contributed by atoms with Crippen molar-refractivity contribution in [3.8, 4) is 5.75 Å². The highest BCUT2D eigenvalue weighted by Crippen LogP contribution is 2.27. The van der Waals surface area contributed by atoms with E-state index < -0.39 is 0 Å².